The second kappa shape index (κ2) is 7.99. The maximum atomic E-state index is 12.0. The van der Waals surface area contributed by atoms with Crippen LogP contribution in [0.25, 0.3) is 0 Å². The summed E-state index contributed by atoms with van der Waals surface area (Å²) >= 11 is 1.44. The number of amides is 1. The SMILES string of the molecule is CCCCC(NC(=O)c1csc(CC(C)C)n1)C(=O)O. The van der Waals surface area contributed by atoms with Gasteiger partial charge in [-0.25, -0.2) is 9.78 Å². The first kappa shape index (κ1) is 16.6. The molecule has 0 fully saturated rings. The van der Waals surface area contributed by atoms with Crippen LogP contribution < -0.4 is 5.32 Å². The number of hydrogen-bond acceptors (Lipinski definition) is 4. The zero-order chi connectivity index (χ0) is 15.1. The highest BCUT2D eigenvalue weighted by atomic mass is 32.1. The lowest BCUT2D eigenvalue weighted by atomic mass is 10.1. The van der Waals surface area contributed by atoms with E-state index in [1.807, 2.05) is 6.92 Å². The molecule has 1 unspecified atom stereocenters. The van der Waals surface area contributed by atoms with Crippen molar-refractivity contribution in [2.45, 2.75) is 52.5 Å². The molecule has 1 aromatic heterocycles. The Labute approximate surface area is 123 Å². The lowest BCUT2D eigenvalue weighted by Crippen LogP contribution is -2.40. The normalized spacial score (nSPS) is 12.4. The van der Waals surface area contributed by atoms with Crippen molar-refractivity contribution in [2.75, 3.05) is 0 Å². The summed E-state index contributed by atoms with van der Waals surface area (Å²) < 4.78 is 0. The number of hydrogen-bond donors (Lipinski definition) is 2. The number of carbonyl (C=O) groups is 2. The van der Waals surface area contributed by atoms with Gasteiger partial charge in [-0.15, -0.1) is 11.3 Å². The molecule has 0 spiro atoms. The number of unbranched alkanes of at least 4 members (excludes halogenated alkanes) is 1. The van der Waals surface area contributed by atoms with Gasteiger partial charge in [-0.1, -0.05) is 33.6 Å². The molecular formula is C14H22N2O3S. The van der Waals surface area contributed by atoms with E-state index in [4.69, 9.17) is 5.11 Å². The highest BCUT2D eigenvalue weighted by molar-refractivity contribution is 7.09. The molecule has 1 amide bonds. The van der Waals surface area contributed by atoms with E-state index >= 15 is 0 Å². The van der Waals surface area contributed by atoms with Gasteiger partial charge in [-0.2, -0.15) is 0 Å². The Bertz CT molecular complexity index is 457. The number of carboxylic acid groups (broad SMARTS) is 1. The van der Waals surface area contributed by atoms with Crippen molar-refractivity contribution in [1.29, 1.82) is 0 Å². The zero-order valence-electron chi connectivity index (χ0n) is 12.2. The van der Waals surface area contributed by atoms with E-state index in [1.165, 1.54) is 11.3 Å². The number of carboxylic acids is 1. The molecule has 0 aliphatic rings. The highest BCUT2D eigenvalue weighted by Crippen LogP contribution is 2.14. The molecule has 112 valence electrons. The molecule has 0 aliphatic heterocycles. The topological polar surface area (TPSA) is 79.3 Å². The van der Waals surface area contributed by atoms with Crippen LogP contribution in [0.4, 0.5) is 0 Å². The van der Waals surface area contributed by atoms with Crippen LogP contribution in [0.1, 0.15) is 55.5 Å². The Morgan fingerprint density at radius 1 is 1.45 bits per heavy atom. The summed E-state index contributed by atoms with van der Waals surface area (Å²) in [6, 6.07) is -0.835. The largest absolute Gasteiger partial charge is 0.480 e. The van der Waals surface area contributed by atoms with E-state index in [2.05, 4.69) is 24.1 Å². The average Bonchev–Trinajstić information content (AvgIpc) is 2.81. The molecule has 1 rings (SSSR count). The molecule has 0 bridgehead atoms. The molecule has 0 radical (unpaired) electrons. The van der Waals surface area contributed by atoms with Crippen molar-refractivity contribution in [2.24, 2.45) is 5.92 Å². The molecule has 1 aromatic rings. The van der Waals surface area contributed by atoms with Crippen LogP contribution in [0, 0.1) is 5.92 Å². The summed E-state index contributed by atoms with van der Waals surface area (Å²) in [6.07, 6.45) is 2.94. The van der Waals surface area contributed by atoms with E-state index in [9.17, 15) is 9.59 Å². The predicted molar refractivity (Wildman–Crippen MR) is 79.1 cm³/mol. The van der Waals surface area contributed by atoms with Gasteiger partial charge in [0.05, 0.1) is 5.01 Å². The number of nitrogens with zero attached hydrogens (tertiary/aromatic N) is 1. The van der Waals surface area contributed by atoms with Crippen molar-refractivity contribution in [3.05, 3.63) is 16.1 Å². The molecule has 0 saturated carbocycles. The number of thiazole rings is 1. The Morgan fingerprint density at radius 3 is 2.70 bits per heavy atom. The van der Waals surface area contributed by atoms with Gasteiger partial charge in [0, 0.05) is 11.8 Å². The molecule has 0 aliphatic carbocycles. The first-order chi connectivity index (χ1) is 9.43. The van der Waals surface area contributed by atoms with Crippen molar-refractivity contribution >= 4 is 23.2 Å². The van der Waals surface area contributed by atoms with Crippen molar-refractivity contribution in [3.8, 4) is 0 Å². The van der Waals surface area contributed by atoms with Gasteiger partial charge in [0.25, 0.3) is 5.91 Å². The second-order valence-electron chi connectivity index (χ2n) is 5.23. The molecule has 20 heavy (non-hydrogen) atoms. The van der Waals surface area contributed by atoms with E-state index in [-0.39, 0.29) is 0 Å². The Balaban J connectivity index is 2.64. The lowest BCUT2D eigenvalue weighted by molar-refractivity contribution is -0.139. The van der Waals surface area contributed by atoms with Crippen molar-refractivity contribution in [3.63, 3.8) is 0 Å². The van der Waals surface area contributed by atoms with Gasteiger partial charge in [0.1, 0.15) is 11.7 Å². The molecule has 1 atom stereocenters. The fraction of sp³-hybridized carbons (Fsp3) is 0.643. The van der Waals surface area contributed by atoms with Crippen molar-refractivity contribution < 1.29 is 14.7 Å². The molecule has 0 aromatic carbocycles. The van der Waals surface area contributed by atoms with Crippen LogP contribution in [-0.2, 0) is 11.2 Å². The molecule has 5 nitrogen and oxygen atoms in total. The molecule has 0 saturated heterocycles. The summed E-state index contributed by atoms with van der Waals surface area (Å²) in [5, 5.41) is 14.2. The Morgan fingerprint density at radius 2 is 2.15 bits per heavy atom. The number of aliphatic carboxylic acids is 1. The third-order valence-electron chi connectivity index (χ3n) is 2.82. The number of rotatable bonds is 8. The average molecular weight is 298 g/mol. The minimum Gasteiger partial charge on any atom is -0.480 e. The minimum atomic E-state index is -0.996. The van der Waals surface area contributed by atoms with Gasteiger partial charge in [-0.05, 0) is 12.3 Å². The standard InChI is InChI=1S/C14H22N2O3S/c1-4-5-6-10(14(18)19)16-13(17)11-8-20-12(15-11)7-9(2)3/h8-10H,4-7H2,1-3H3,(H,16,17)(H,18,19). The smallest absolute Gasteiger partial charge is 0.326 e. The molecule has 6 heteroatoms. The van der Waals surface area contributed by atoms with Gasteiger partial charge in [0.2, 0.25) is 0 Å². The van der Waals surface area contributed by atoms with Gasteiger partial charge in [0.15, 0.2) is 0 Å². The Kier molecular flexibility index (Phi) is 6.64. The van der Waals surface area contributed by atoms with Crippen molar-refractivity contribution in [1.82, 2.24) is 10.3 Å². The van der Waals surface area contributed by atoms with Gasteiger partial charge in [-0.3, -0.25) is 4.79 Å². The number of aromatic nitrogens is 1. The summed E-state index contributed by atoms with van der Waals surface area (Å²) in [5.74, 6) is -0.919. The Hall–Kier alpha value is -1.43. The monoisotopic (exact) mass is 298 g/mol. The van der Waals surface area contributed by atoms with E-state index in [0.717, 1.165) is 24.3 Å². The fourth-order valence-electron chi connectivity index (χ4n) is 1.76. The quantitative estimate of drug-likeness (QED) is 0.773. The third-order valence-corrected chi connectivity index (χ3v) is 3.69. The highest BCUT2D eigenvalue weighted by Gasteiger charge is 2.21. The van der Waals surface area contributed by atoms with Crippen LogP contribution in [0.15, 0.2) is 5.38 Å². The summed E-state index contributed by atoms with van der Waals surface area (Å²) in [7, 11) is 0. The maximum Gasteiger partial charge on any atom is 0.326 e. The second-order valence-corrected chi connectivity index (χ2v) is 6.17. The molecule has 2 N–H and O–H groups in total. The maximum absolute atomic E-state index is 12.0. The molecular weight excluding hydrogens is 276 g/mol. The number of nitrogens with one attached hydrogen (secondary N) is 1. The minimum absolute atomic E-state index is 0.313. The van der Waals surface area contributed by atoms with Crippen LogP contribution in [0.3, 0.4) is 0 Å². The van der Waals surface area contributed by atoms with Crippen LogP contribution >= 0.6 is 11.3 Å². The van der Waals surface area contributed by atoms with Gasteiger partial charge < -0.3 is 10.4 Å². The lowest BCUT2D eigenvalue weighted by Gasteiger charge is -2.12. The van der Waals surface area contributed by atoms with Crippen LogP contribution in [0.2, 0.25) is 0 Å². The third kappa shape index (κ3) is 5.28. The summed E-state index contributed by atoms with van der Waals surface area (Å²) in [6.45, 7) is 6.16. The summed E-state index contributed by atoms with van der Waals surface area (Å²) in [5.41, 5.74) is 0.313. The van der Waals surface area contributed by atoms with E-state index in [1.54, 1.807) is 5.38 Å². The zero-order valence-corrected chi connectivity index (χ0v) is 13.0. The first-order valence-electron chi connectivity index (χ1n) is 6.92. The molecule has 1 heterocycles. The number of carbonyl (C=O) groups excluding carboxylic acids is 1. The first-order valence-corrected chi connectivity index (χ1v) is 7.80. The van der Waals surface area contributed by atoms with Crippen LogP contribution in [-0.4, -0.2) is 28.0 Å². The van der Waals surface area contributed by atoms with Crippen LogP contribution in [0.5, 0.6) is 0 Å². The van der Waals surface area contributed by atoms with E-state index < -0.39 is 17.9 Å². The fourth-order valence-corrected chi connectivity index (χ4v) is 2.74. The van der Waals surface area contributed by atoms with E-state index in [0.29, 0.717) is 18.0 Å². The predicted octanol–water partition coefficient (Wildman–Crippen LogP) is 2.71. The summed E-state index contributed by atoms with van der Waals surface area (Å²) in [4.78, 5) is 27.3. The van der Waals surface area contributed by atoms with Gasteiger partial charge >= 0.3 is 5.97 Å².